The number of carboxylic acids is 1. The van der Waals surface area contributed by atoms with Gasteiger partial charge in [-0.1, -0.05) is 23.7 Å². The first kappa shape index (κ1) is 29.8. The highest BCUT2D eigenvalue weighted by Crippen LogP contribution is 2.30. The number of nitrogen functional groups attached to an aromatic ring is 1. The number of aliphatic carboxylic acids is 1. The Kier molecular flexibility index (Phi) is 9.00. The monoisotopic (exact) mass is 597 g/mol. The quantitative estimate of drug-likeness (QED) is 0.350. The van der Waals surface area contributed by atoms with Gasteiger partial charge in [-0.3, -0.25) is 19.3 Å². The number of rotatable bonds is 8. The molecule has 0 unspecified atom stereocenters. The summed E-state index contributed by atoms with van der Waals surface area (Å²) in [5.74, 6) is -2.94. The highest BCUT2D eigenvalue weighted by Gasteiger charge is 2.40. The maximum atomic E-state index is 13.1. The van der Waals surface area contributed by atoms with E-state index in [2.05, 4.69) is 4.90 Å². The molecule has 1 atom stereocenters. The van der Waals surface area contributed by atoms with E-state index in [1.807, 2.05) is 0 Å². The predicted molar refractivity (Wildman–Crippen MR) is 158 cm³/mol. The predicted octanol–water partition coefficient (Wildman–Crippen LogP) is 2.40. The Hall–Kier alpha value is -3.67. The van der Waals surface area contributed by atoms with Crippen molar-refractivity contribution in [3.63, 3.8) is 0 Å². The second-order valence-electron chi connectivity index (χ2n) is 11.1. The number of hydrogen-bond acceptors (Lipinski definition) is 7. The van der Waals surface area contributed by atoms with Gasteiger partial charge in [0, 0.05) is 56.5 Å². The molecule has 2 aromatic rings. The third kappa shape index (κ3) is 6.23. The van der Waals surface area contributed by atoms with Crippen LogP contribution in [0.15, 0.2) is 42.5 Å². The second kappa shape index (κ2) is 12.7. The SMILES string of the molecule is COC1CCC(N2CCN(c3ccc(C[C@@H](C(=O)O)N4CCN(c5cc(Cl)ccc5N)C(=O)C4=O)cc3)C(=O)C2)CC1. The van der Waals surface area contributed by atoms with Crippen LogP contribution in [0.5, 0.6) is 0 Å². The number of anilines is 3. The number of carboxylic acid groups (broad SMARTS) is 1. The zero-order chi connectivity index (χ0) is 30.0. The summed E-state index contributed by atoms with van der Waals surface area (Å²) in [5.41, 5.74) is 8.02. The van der Waals surface area contributed by atoms with E-state index in [1.165, 1.54) is 11.0 Å². The van der Waals surface area contributed by atoms with Crippen LogP contribution in [0.4, 0.5) is 17.1 Å². The average molecular weight is 598 g/mol. The second-order valence-corrected chi connectivity index (χ2v) is 11.5. The molecule has 3 fully saturated rings. The number of nitrogens with two attached hydrogens (primary N) is 1. The highest BCUT2D eigenvalue weighted by atomic mass is 35.5. The zero-order valence-corrected chi connectivity index (χ0v) is 24.3. The van der Waals surface area contributed by atoms with Gasteiger partial charge in [-0.25, -0.2) is 4.79 Å². The van der Waals surface area contributed by atoms with Gasteiger partial charge in [-0.05, 0) is 61.6 Å². The van der Waals surface area contributed by atoms with Crippen molar-refractivity contribution in [3.05, 3.63) is 53.1 Å². The van der Waals surface area contributed by atoms with Gasteiger partial charge in [0.1, 0.15) is 6.04 Å². The molecular weight excluding hydrogens is 562 g/mol. The van der Waals surface area contributed by atoms with E-state index < -0.39 is 23.8 Å². The van der Waals surface area contributed by atoms with Crippen LogP contribution >= 0.6 is 11.6 Å². The smallest absolute Gasteiger partial charge is 0.326 e. The van der Waals surface area contributed by atoms with Gasteiger partial charge in [0.25, 0.3) is 0 Å². The number of amides is 3. The van der Waals surface area contributed by atoms with Gasteiger partial charge in [0.2, 0.25) is 5.91 Å². The summed E-state index contributed by atoms with van der Waals surface area (Å²) in [5, 5.41) is 10.4. The minimum atomic E-state index is -1.23. The number of carbonyl (C=O) groups excluding carboxylic acids is 3. The Labute approximate surface area is 249 Å². The van der Waals surface area contributed by atoms with E-state index >= 15 is 0 Å². The van der Waals surface area contributed by atoms with Gasteiger partial charge < -0.3 is 30.3 Å². The highest BCUT2D eigenvalue weighted by molar-refractivity contribution is 6.41. The van der Waals surface area contributed by atoms with Crippen LogP contribution in [0.1, 0.15) is 31.2 Å². The third-order valence-electron chi connectivity index (χ3n) is 8.62. The van der Waals surface area contributed by atoms with Crippen LogP contribution in [0.2, 0.25) is 5.02 Å². The average Bonchev–Trinajstić information content (AvgIpc) is 2.99. The molecule has 1 saturated carbocycles. The molecule has 2 aromatic carbocycles. The lowest BCUT2D eigenvalue weighted by Crippen LogP contribution is -2.59. The summed E-state index contributed by atoms with van der Waals surface area (Å²) in [4.78, 5) is 57.7. The number of methoxy groups -OCH3 is 1. The topological polar surface area (TPSA) is 137 Å². The number of nitrogens with zero attached hydrogens (tertiary/aromatic N) is 4. The minimum absolute atomic E-state index is 0.0137. The van der Waals surface area contributed by atoms with Crippen molar-refractivity contribution in [1.82, 2.24) is 9.80 Å². The number of hydrogen-bond donors (Lipinski definition) is 2. The van der Waals surface area contributed by atoms with Gasteiger partial charge in [0.15, 0.2) is 0 Å². The normalized spacial score (nSPS) is 22.9. The van der Waals surface area contributed by atoms with Gasteiger partial charge in [0.05, 0.1) is 24.0 Å². The lowest BCUT2D eigenvalue weighted by molar-refractivity contribution is -0.155. The van der Waals surface area contributed by atoms with Crippen LogP contribution in [-0.2, 0) is 30.3 Å². The van der Waals surface area contributed by atoms with E-state index in [0.717, 1.165) is 42.8 Å². The first-order valence-electron chi connectivity index (χ1n) is 14.2. The van der Waals surface area contributed by atoms with Crippen LogP contribution in [0.3, 0.4) is 0 Å². The molecule has 5 rings (SSSR count). The van der Waals surface area contributed by atoms with Crippen molar-refractivity contribution in [2.45, 2.75) is 50.3 Å². The van der Waals surface area contributed by atoms with E-state index in [1.54, 1.807) is 48.4 Å². The Bertz CT molecular complexity index is 1350. The lowest BCUT2D eigenvalue weighted by atomic mass is 9.91. The molecule has 0 aromatic heterocycles. The van der Waals surface area contributed by atoms with Gasteiger partial charge in [-0.15, -0.1) is 0 Å². The van der Waals surface area contributed by atoms with Crippen LogP contribution in [0, 0.1) is 0 Å². The summed E-state index contributed by atoms with van der Waals surface area (Å²) in [6, 6.07) is 11.0. The molecule has 3 aliphatic rings. The molecule has 2 aliphatic heterocycles. The standard InChI is InChI=1S/C30H36ClN5O6/c1-42-23-9-7-21(8-10-23)33-12-13-34(27(37)18-33)22-5-2-19(3-6-22)16-26(30(40)41)36-15-14-35(28(38)29(36)39)25-17-20(31)4-11-24(25)32/h2-6,11,17,21,23,26H,7-10,12-16,18,32H2,1H3,(H,40,41)/t21?,23?,26-/m0/s1. The molecule has 3 N–H and O–H groups in total. The summed E-state index contributed by atoms with van der Waals surface area (Å²) in [6.45, 7) is 1.85. The van der Waals surface area contributed by atoms with Crippen LogP contribution in [0.25, 0.3) is 0 Å². The molecule has 3 amide bonds. The van der Waals surface area contributed by atoms with E-state index in [-0.39, 0.29) is 31.1 Å². The number of carbonyl (C=O) groups is 4. The summed E-state index contributed by atoms with van der Waals surface area (Å²) < 4.78 is 5.47. The Morgan fingerprint density at radius 3 is 2.31 bits per heavy atom. The fourth-order valence-corrected chi connectivity index (χ4v) is 6.38. The maximum Gasteiger partial charge on any atom is 0.326 e. The number of piperazine rings is 2. The number of ether oxygens (including phenoxy) is 1. The molecule has 12 heteroatoms. The van der Waals surface area contributed by atoms with E-state index in [4.69, 9.17) is 22.1 Å². The van der Waals surface area contributed by atoms with Gasteiger partial charge >= 0.3 is 17.8 Å². The van der Waals surface area contributed by atoms with Crippen molar-refractivity contribution in [3.8, 4) is 0 Å². The van der Waals surface area contributed by atoms with Crippen molar-refractivity contribution < 1.29 is 29.0 Å². The maximum absolute atomic E-state index is 13.1. The number of halogens is 1. The fraction of sp³-hybridized carbons (Fsp3) is 0.467. The molecule has 0 spiro atoms. The molecule has 11 nitrogen and oxygen atoms in total. The Morgan fingerprint density at radius 2 is 1.67 bits per heavy atom. The summed E-state index contributed by atoms with van der Waals surface area (Å²) in [6.07, 6.45) is 4.42. The molecule has 1 aliphatic carbocycles. The molecule has 42 heavy (non-hydrogen) atoms. The molecule has 224 valence electrons. The first-order valence-corrected chi connectivity index (χ1v) is 14.6. The Balaban J connectivity index is 1.21. The van der Waals surface area contributed by atoms with E-state index in [0.29, 0.717) is 41.5 Å². The molecule has 0 radical (unpaired) electrons. The third-order valence-corrected chi connectivity index (χ3v) is 8.85. The number of benzene rings is 2. The fourth-order valence-electron chi connectivity index (χ4n) is 6.22. The molecule has 2 saturated heterocycles. The van der Waals surface area contributed by atoms with Crippen molar-refractivity contribution in [1.29, 1.82) is 0 Å². The van der Waals surface area contributed by atoms with Crippen molar-refractivity contribution >= 4 is 52.4 Å². The summed E-state index contributed by atoms with van der Waals surface area (Å²) in [7, 11) is 1.75. The van der Waals surface area contributed by atoms with Crippen LogP contribution in [-0.4, -0.2) is 96.6 Å². The molecule has 0 bridgehead atoms. The van der Waals surface area contributed by atoms with Crippen molar-refractivity contribution in [2.24, 2.45) is 0 Å². The van der Waals surface area contributed by atoms with Crippen molar-refractivity contribution in [2.75, 3.05) is 55.4 Å². The van der Waals surface area contributed by atoms with E-state index in [9.17, 15) is 24.3 Å². The Morgan fingerprint density at radius 1 is 0.976 bits per heavy atom. The van der Waals surface area contributed by atoms with Gasteiger partial charge in [-0.2, -0.15) is 0 Å². The lowest BCUT2D eigenvalue weighted by Gasteiger charge is -2.41. The van der Waals surface area contributed by atoms with Crippen LogP contribution < -0.4 is 15.5 Å². The molecule has 2 heterocycles. The minimum Gasteiger partial charge on any atom is -0.480 e. The largest absolute Gasteiger partial charge is 0.480 e. The first-order chi connectivity index (χ1) is 20.2. The zero-order valence-electron chi connectivity index (χ0n) is 23.6. The summed E-state index contributed by atoms with van der Waals surface area (Å²) >= 11 is 6.05. The molecular formula is C30H36ClN5O6.